The number of hydrogen-bond acceptors (Lipinski definition) is 4. The van der Waals surface area contributed by atoms with Crippen molar-refractivity contribution in [2.75, 3.05) is 24.7 Å². The van der Waals surface area contributed by atoms with Crippen LogP contribution < -0.4 is 10.5 Å². The molecule has 0 radical (unpaired) electrons. The zero-order valence-electron chi connectivity index (χ0n) is 13.8. The van der Waals surface area contributed by atoms with Crippen molar-refractivity contribution >= 4 is 39.7 Å². The van der Waals surface area contributed by atoms with Gasteiger partial charge in [0.2, 0.25) is 0 Å². The van der Waals surface area contributed by atoms with Crippen molar-refractivity contribution in [1.29, 1.82) is 0 Å². The van der Waals surface area contributed by atoms with Gasteiger partial charge in [0.05, 0.1) is 36.1 Å². The Morgan fingerprint density at radius 1 is 1.30 bits per heavy atom. The van der Waals surface area contributed by atoms with Crippen LogP contribution in [0.3, 0.4) is 0 Å². The topological polar surface area (TPSA) is 63.1 Å². The molecule has 0 bridgehead atoms. The van der Waals surface area contributed by atoms with Crippen molar-refractivity contribution < 1.29 is 17.9 Å². The van der Waals surface area contributed by atoms with E-state index in [1.165, 1.54) is 13.7 Å². The number of rotatable bonds is 2. The van der Waals surface area contributed by atoms with E-state index in [2.05, 4.69) is 9.97 Å². The minimum Gasteiger partial charge on any atom is -0.377 e. The highest BCUT2D eigenvalue weighted by atomic mass is 127. The van der Waals surface area contributed by atoms with Crippen LogP contribution in [0.1, 0.15) is 0 Å². The highest BCUT2D eigenvalue weighted by molar-refractivity contribution is 14.1. The number of hydrogen-bond donors (Lipinski definition) is 1. The van der Waals surface area contributed by atoms with Gasteiger partial charge in [-0.3, -0.25) is 4.79 Å². The van der Waals surface area contributed by atoms with E-state index in [9.17, 15) is 18.0 Å². The summed E-state index contributed by atoms with van der Waals surface area (Å²) in [5, 5.41) is 0.795. The van der Waals surface area contributed by atoms with Gasteiger partial charge < -0.3 is 14.6 Å². The Hall–Kier alpha value is -2.08. The van der Waals surface area contributed by atoms with E-state index in [0.717, 1.165) is 10.9 Å². The summed E-state index contributed by atoms with van der Waals surface area (Å²) in [7, 11) is 0. The molecule has 4 heterocycles. The number of aromatic amines is 1. The van der Waals surface area contributed by atoms with Gasteiger partial charge in [0.1, 0.15) is 17.5 Å². The summed E-state index contributed by atoms with van der Waals surface area (Å²) < 4.78 is 46.7. The van der Waals surface area contributed by atoms with Crippen LogP contribution >= 0.6 is 22.9 Å². The maximum atomic E-state index is 13.5. The first-order chi connectivity index (χ1) is 12.9. The molecule has 0 aliphatic carbocycles. The highest BCUT2D eigenvalue weighted by Crippen LogP contribution is 2.34. The highest BCUT2D eigenvalue weighted by Gasteiger charge is 2.46. The molecule has 4 rings (SSSR count). The number of anilines is 1. The molecule has 1 saturated heterocycles. The molecule has 27 heavy (non-hydrogen) atoms. The monoisotopic (exact) mass is 490 g/mol. The molecule has 0 aromatic carbocycles. The van der Waals surface area contributed by atoms with Crippen molar-refractivity contribution in [3.63, 3.8) is 0 Å². The van der Waals surface area contributed by atoms with E-state index in [-0.39, 0.29) is 19.0 Å². The number of fused-ring (bicyclic) bond motifs is 1. The largest absolute Gasteiger partial charge is 0.411 e. The molecule has 1 atom stereocenters. The van der Waals surface area contributed by atoms with Gasteiger partial charge in [0.25, 0.3) is 5.56 Å². The molecule has 3 aromatic heterocycles. The number of halogens is 4. The van der Waals surface area contributed by atoms with E-state index < -0.39 is 24.4 Å². The minimum absolute atomic E-state index is 0.0476. The first-order valence-electron chi connectivity index (χ1n) is 8.13. The molecule has 0 amide bonds. The maximum absolute atomic E-state index is 13.5. The SMILES string of the molecule is O=c1cc(-c2ccnc3[nH]ccc23)cc(N2CCOCC2C(F)(F)F)n1I. The number of morpholine rings is 1. The number of ether oxygens (including phenoxy) is 1. The molecular weight excluding hydrogens is 476 g/mol. The Morgan fingerprint density at radius 2 is 2.11 bits per heavy atom. The molecule has 1 unspecified atom stereocenters. The second-order valence-electron chi connectivity index (χ2n) is 6.15. The Labute approximate surface area is 165 Å². The zero-order valence-corrected chi connectivity index (χ0v) is 16.0. The molecule has 142 valence electrons. The van der Waals surface area contributed by atoms with Gasteiger partial charge >= 0.3 is 6.18 Å². The van der Waals surface area contributed by atoms with Crippen LogP contribution in [0, 0.1) is 0 Å². The van der Waals surface area contributed by atoms with Crippen LogP contribution in [0.4, 0.5) is 19.0 Å². The second kappa shape index (κ2) is 6.82. The summed E-state index contributed by atoms with van der Waals surface area (Å²) in [5.41, 5.74) is 1.53. The smallest absolute Gasteiger partial charge is 0.377 e. The van der Waals surface area contributed by atoms with Crippen molar-refractivity contribution in [3.8, 4) is 11.1 Å². The molecule has 1 N–H and O–H groups in total. The van der Waals surface area contributed by atoms with Crippen LogP contribution in [-0.4, -0.2) is 44.7 Å². The fraction of sp³-hybridized carbons (Fsp3) is 0.294. The molecule has 0 spiro atoms. The molecule has 6 nitrogen and oxygen atoms in total. The van der Waals surface area contributed by atoms with Gasteiger partial charge in [-0.2, -0.15) is 13.2 Å². The summed E-state index contributed by atoms with van der Waals surface area (Å²) in [4.78, 5) is 20.9. The van der Waals surface area contributed by atoms with Crippen LogP contribution in [0.15, 0.2) is 41.5 Å². The van der Waals surface area contributed by atoms with Crippen LogP contribution in [0.25, 0.3) is 22.2 Å². The first kappa shape index (κ1) is 18.3. The number of pyridine rings is 2. The first-order valence-corrected chi connectivity index (χ1v) is 9.09. The van der Waals surface area contributed by atoms with E-state index in [4.69, 9.17) is 4.74 Å². The predicted molar refractivity (Wildman–Crippen MR) is 103 cm³/mol. The Balaban J connectivity index is 1.87. The summed E-state index contributed by atoms with van der Waals surface area (Å²) in [6.45, 7) is -0.249. The number of nitrogens with zero attached hydrogens (tertiary/aromatic N) is 3. The lowest BCUT2D eigenvalue weighted by Gasteiger charge is -2.38. The molecule has 0 saturated carbocycles. The average Bonchev–Trinajstić information content (AvgIpc) is 3.12. The van der Waals surface area contributed by atoms with Crippen molar-refractivity contribution in [1.82, 2.24) is 12.7 Å². The molecule has 10 heteroatoms. The van der Waals surface area contributed by atoms with E-state index in [1.807, 2.05) is 6.07 Å². The van der Waals surface area contributed by atoms with Crippen LogP contribution in [0.2, 0.25) is 0 Å². The summed E-state index contributed by atoms with van der Waals surface area (Å²) in [5.74, 6) is 0.198. The Morgan fingerprint density at radius 3 is 2.89 bits per heavy atom. The number of alkyl halides is 3. The molecule has 3 aromatic rings. The molecule has 1 aliphatic heterocycles. The van der Waals surface area contributed by atoms with Gasteiger partial charge in [-0.05, 0) is 29.3 Å². The summed E-state index contributed by atoms with van der Waals surface area (Å²) in [6.07, 6.45) is -1.15. The minimum atomic E-state index is -4.46. The third kappa shape index (κ3) is 3.31. The Kier molecular flexibility index (Phi) is 4.62. The maximum Gasteiger partial charge on any atom is 0.411 e. The standard InChI is InChI=1S/C17H14F3IN4O2/c18-17(19,20)13-9-27-6-5-24(13)14-7-10(8-15(26)25(14)21)11-1-3-22-16-12(11)2-4-23-16/h1-4,7-8,13H,5-6,9H2,(H,22,23). The second-order valence-corrected chi connectivity index (χ2v) is 7.11. The van der Waals surface area contributed by atoms with Gasteiger partial charge in [0, 0.05) is 30.4 Å². The quantitative estimate of drug-likeness (QED) is 0.560. The zero-order chi connectivity index (χ0) is 19.2. The summed E-state index contributed by atoms with van der Waals surface area (Å²) >= 11 is 1.73. The number of H-pyrrole nitrogens is 1. The molecule has 1 aliphatic rings. The third-order valence-corrected chi connectivity index (χ3v) is 5.50. The van der Waals surface area contributed by atoms with Gasteiger partial charge in [-0.1, -0.05) is 0 Å². The van der Waals surface area contributed by atoms with Gasteiger partial charge in [0.15, 0.2) is 0 Å². The van der Waals surface area contributed by atoms with Crippen molar-refractivity contribution in [3.05, 3.63) is 47.0 Å². The van der Waals surface area contributed by atoms with Gasteiger partial charge in [-0.25, -0.2) is 7.76 Å². The summed E-state index contributed by atoms with van der Waals surface area (Å²) in [6, 6.07) is 4.79. The van der Waals surface area contributed by atoms with Gasteiger partial charge in [-0.15, -0.1) is 0 Å². The lowest BCUT2D eigenvalue weighted by atomic mass is 10.0. The fourth-order valence-corrected chi connectivity index (χ4v) is 3.81. The number of nitrogens with one attached hydrogen (secondary N) is 1. The lowest BCUT2D eigenvalue weighted by Crippen LogP contribution is -2.54. The van der Waals surface area contributed by atoms with E-state index in [0.29, 0.717) is 11.2 Å². The molecule has 1 fully saturated rings. The third-order valence-electron chi connectivity index (χ3n) is 4.53. The fourth-order valence-electron chi connectivity index (χ4n) is 3.25. The van der Waals surface area contributed by atoms with Crippen molar-refractivity contribution in [2.24, 2.45) is 0 Å². The lowest BCUT2D eigenvalue weighted by molar-refractivity contribution is -0.167. The number of aromatic nitrogens is 3. The normalized spacial score (nSPS) is 18.2. The van der Waals surface area contributed by atoms with E-state index in [1.54, 1.807) is 47.4 Å². The predicted octanol–water partition coefficient (Wildman–Crippen LogP) is 3.36. The average molecular weight is 490 g/mol. The van der Waals surface area contributed by atoms with Crippen molar-refractivity contribution in [2.45, 2.75) is 12.2 Å². The van der Waals surface area contributed by atoms with Crippen LogP contribution in [0.5, 0.6) is 0 Å². The van der Waals surface area contributed by atoms with E-state index >= 15 is 0 Å². The molecular formula is C17H14F3IN4O2. The Bertz CT molecular complexity index is 1050. The van der Waals surface area contributed by atoms with Crippen LogP contribution in [-0.2, 0) is 4.74 Å².